The molecule has 28 heavy (non-hydrogen) atoms. The number of ketones is 1. The van der Waals surface area contributed by atoms with Crippen molar-refractivity contribution in [2.75, 3.05) is 26.6 Å². The van der Waals surface area contributed by atoms with Gasteiger partial charge in [0.2, 0.25) is 11.7 Å². The number of aldehydes is 1. The van der Waals surface area contributed by atoms with Crippen molar-refractivity contribution in [2.24, 2.45) is 0 Å². The van der Waals surface area contributed by atoms with Crippen LogP contribution in [-0.4, -0.2) is 46.1 Å². The Hall–Kier alpha value is -3.68. The van der Waals surface area contributed by atoms with E-state index in [4.69, 9.17) is 19.0 Å². The number of hydrogen-bond donors (Lipinski definition) is 1. The lowest BCUT2D eigenvalue weighted by molar-refractivity contribution is -0.114. The van der Waals surface area contributed by atoms with Crippen LogP contribution in [0.3, 0.4) is 0 Å². The number of anilines is 1. The monoisotopic (exact) mass is 387 g/mol. The summed E-state index contributed by atoms with van der Waals surface area (Å²) in [6.07, 6.45) is 0.628. The minimum atomic E-state index is -0.406. The molecular formula is C20H21NO7. The molecule has 0 bridgehead atoms. The fourth-order valence-electron chi connectivity index (χ4n) is 2.49. The van der Waals surface area contributed by atoms with Crippen LogP contribution in [0.25, 0.3) is 0 Å². The van der Waals surface area contributed by atoms with Crippen molar-refractivity contribution in [3.05, 3.63) is 47.0 Å². The van der Waals surface area contributed by atoms with Gasteiger partial charge in [0.05, 0.1) is 27.0 Å². The van der Waals surface area contributed by atoms with Crippen molar-refractivity contribution in [1.82, 2.24) is 0 Å². The Balaban J connectivity index is 0.00000190. The minimum absolute atomic E-state index is 0.180. The van der Waals surface area contributed by atoms with Crippen LogP contribution < -0.4 is 19.5 Å². The van der Waals surface area contributed by atoms with E-state index in [2.05, 4.69) is 5.32 Å². The fourth-order valence-corrected chi connectivity index (χ4v) is 2.49. The van der Waals surface area contributed by atoms with E-state index in [0.29, 0.717) is 34.8 Å². The number of amides is 1. The summed E-state index contributed by atoms with van der Waals surface area (Å²) in [5, 5.41) is 2.59. The number of carbonyl (C=O) groups is 4. The van der Waals surface area contributed by atoms with Gasteiger partial charge in [0.25, 0.3) is 0 Å². The Morgan fingerprint density at radius 3 is 1.96 bits per heavy atom. The van der Waals surface area contributed by atoms with E-state index in [1.54, 1.807) is 0 Å². The number of benzene rings is 2. The Labute approximate surface area is 162 Å². The first-order valence-electron chi connectivity index (χ1n) is 7.95. The average Bonchev–Trinajstić information content (AvgIpc) is 2.73. The molecule has 0 fully saturated rings. The van der Waals surface area contributed by atoms with E-state index in [9.17, 15) is 14.4 Å². The lowest BCUT2D eigenvalue weighted by Crippen LogP contribution is -2.12. The molecule has 0 spiro atoms. The number of methoxy groups -OCH3 is 3. The topological polar surface area (TPSA) is 108 Å². The second-order valence-corrected chi connectivity index (χ2v) is 5.35. The molecule has 2 aromatic carbocycles. The SMILES string of the molecule is C=O.COc1cc(C(=O)c2cc(C=O)ccc2NC(C)=O)cc(OC)c1OC. The first-order chi connectivity index (χ1) is 13.4. The summed E-state index contributed by atoms with van der Waals surface area (Å²) in [5.74, 6) is 0.264. The van der Waals surface area contributed by atoms with Gasteiger partial charge in [0, 0.05) is 23.6 Å². The zero-order valence-electron chi connectivity index (χ0n) is 16.0. The first-order valence-corrected chi connectivity index (χ1v) is 7.95. The molecule has 1 N–H and O–H groups in total. The van der Waals surface area contributed by atoms with Crippen LogP contribution in [0.1, 0.15) is 33.2 Å². The van der Waals surface area contributed by atoms with E-state index in [1.807, 2.05) is 6.79 Å². The molecule has 0 heterocycles. The first kappa shape index (κ1) is 22.4. The van der Waals surface area contributed by atoms with Crippen LogP contribution in [0.15, 0.2) is 30.3 Å². The maximum atomic E-state index is 13.0. The summed E-state index contributed by atoms with van der Waals surface area (Å²) < 4.78 is 15.8. The van der Waals surface area contributed by atoms with Crippen molar-refractivity contribution in [3.8, 4) is 17.2 Å². The van der Waals surface area contributed by atoms with Gasteiger partial charge in [-0.3, -0.25) is 14.4 Å². The summed E-state index contributed by atoms with van der Waals surface area (Å²) in [5.41, 5.74) is 1.06. The third-order valence-corrected chi connectivity index (χ3v) is 3.66. The predicted molar refractivity (Wildman–Crippen MR) is 103 cm³/mol. The molecule has 148 valence electrons. The van der Waals surface area contributed by atoms with Crippen LogP contribution in [0.2, 0.25) is 0 Å². The summed E-state index contributed by atoms with van der Waals surface area (Å²) in [7, 11) is 4.35. The summed E-state index contributed by atoms with van der Waals surface area (Å²) in [6, 6.07) is 7.47. The maximum Gasteiger partial charge on any atom is 0.221 e. The summed E-state index contributed by atoms with van der Waals surface area (Å²) >= 11 is 0. The lowest BCUT2D eigenvalue weighted by Gasteiger charge is -2.15. The minimum Gasteiger partial charge on any atom is -0.493 e. The second kappa shape index (κ2) is 10.5. The van der Waals surface area contributed by atoms with Gasteiger partial charge in [0.15, 0.2) is 17.3 Å². The van der Waals surface area contributed by atoms with Gasteiger partial charge >= 0.3 is 0 Å². The normalized spacial score (nSPS) is 9.43. The molecule has 0 aliphatic rings. The number of carbonyl (C=O) groups excluding carboxylic acids is 4. The molecule has 0 aliphatic heterocycles. The third-order valence-electron chi connectivity index (χ3n) is 3.66. The van der Waals surface area contributed by atoms with Gasteiger partial charge in [-0.25, -0.2) is 0 Å². The highest BCUT2D eigenvalue weighted by atomic mass is 16.5. The number of hydrogen-bond acceptors (Lipinski definition) is 7. The summed E-state index contributed by atoms with van der Waals surface area (Å²) in [6.45, 7) is 3.33. The van der Waals surface area contributed by atoms with E-state index < -0.39 is 5.78 Å². The quantitative estimate of drug-likeness (QED) is 0.574. The second-order valence-electron chi connectivity index (χ2n) is 5.35. The van der Waals surface area contributed by atoms with Crippen LogP contribution in [0.5, 0.6) is 17.2 Å². The Morgan fingerprint density at radius 2 is 1.54 bits per heavy atom. The van der Waals surface area contributed by atoms with E-state index in [-0.39, 0.29) is 17.0 Å². The van der Waals surface area contributed by atoms with Crippen LogP contribution >= 0.6 is 0 Å². The number of ether oxygens (including phenoxy) is 3. The van der Waals surface area contributed by atoms with Crippen molar-refractivity contribution in [2.45, 2.75) is 6.92 Å². The molecule has 2 rings (SSSR count). The average molecular weight is 387 g/mol. The van der Waals surface area contributed by atoms with E-state index >= 15 is 0 Å². The fraction of sp³-hybridized carbons (Fsp3) is 0.200. The van der Waals surface area contributed by atoms with E-state index in [1.165, 1.54) is 58.6 Å². The zero-order chi connectivity index (χ0) is 21.3. The smallest absolute Gasteiger partial charge is 0.221 e. The van der Waals surface area contributed by atoms with Crippen LogP contribution in [0, 0.1) is 0 Å². The molecule has 0 aromatic heterocycles. The van der Waals surface area contributed by atoms with Gasteiger partial charge in [-0.2, -0.15) is 0 Å². The van der Waals surface area contributed by atoms with Crippen LogP contribution in [0.4, 0.5) is 5.69 Å². The molecule has 1 amide bonds. The number of rotatable bonds is 7. The van der Waals surface area contributed by atoms with Gasteiger partial charge in [-0.15, -0.1) is 0 Å². The van der Waals surface area contributed by atoms with Crippen molar-refractivity contribution >= 4 is 30.5 Å². The van der Waals surface area contributed by atoms with Crippen LogP contribution in [-0.2, 0) is 9.59 Å². The standard InChI is InChI=1S/C19H19NO6.CH2O/c1-11(22)20-15-6-5-12(10-21)7-14(15)18(23)13-8-16(24-2)19(26-4)17(9-13)25-3;1-2/h5-10H,1-4H3,(H,20,22);1H2. The highest BCUT2D eigenvalue weighted by Gasteiger charge is 2.20. The number of nitrogens with one attached hydrogen (secondary N) is 1. The van der Waals surface area contributed by atoms with Gasteiger partial charge in [-0.05, 0) is 30.3 Å². The van der Waals surface area contributed by atoms with Crippen molar-refractivity contribution < 1.29 is 33.4 Å². The molecule has 0 unspecified atom stereocenters. The predicted octanol–water partition coefficient (Wildman–Crippen LogP) is 2.53. The zero-order valence-corrected chi connectivity index (χ0v) is 16.0. The molecule has 8 heteroatoms. The molecule has 0 saturated heterocycles. The van der Waals surface area contributed by atoms with E-state index in [0.717, 1.165) is 0 Å². The highest BCUT2D eigenvalue weighted by Crippen LogP contribution is 2.39. The third kappa shape index (κ3) is 4.94. The summed E-state index contributed by atoms with van der Waals surface area (Å²) in [4.78, 5) is 43.5. The highest BCUT2D eigenvalue weighted by molar-refractivity contribution is 6.14. The molecule has 0 saturated carbocycles. The van der Waals surface area contributed by atoms with Gasteiger partial charge in [-0.1, -0.05) is 0 Å². The van der Waals surface area contributed by atoms with Gasteiger partial charge < -0.3 is 24.3 Å². The Bertz CT molecular complexity index is 852. The molecule has 2 aromatic rings. The molecule has 0 aliphatic carbocycles. The molecule has 0 radical (unpaired) electrons. The van der Waals surface area contributed by atoms with Gasteiger partial charge in [0.1, 0.15) is 13.1 Å². The maximum absolute atomic E-state index is 13.0. The van der Waals surface area contributed by atoms with Crippen molar-refractivity contribution in [1.29, 1.82) is 0 Å². The molecular weight excluding hydrogens is 366 g/mol. The lowest BCUT2D eigenvalue weighted by atomic mass is 9.98. The Morgan fingerprint density at radius 1 is 0.964 bits per heavy atom. The molecule has 0 atom stereocenters. The van der Waals surface area contributed by atoms with Crippen molar-refractivity contribution in [3.63, 3.8) is 0 Å². The largest absolute Gasteiger partial charge is 0.493 e. The molecule has 8 nitrogen and oxygen atoms in total. The Kier molecular flexibility index (Phi) is 8.36.